The lowest BCUT2D eigenvalue weighted by Gasteiger charge is -2.26. The largest absolute Gasteiger partial charge is 0.394 e. The van der Waals surface area contributed by atoms with E-state index in [9.17, 15) is 30.3 Å². The molecule has 0 aromatic rings. The molecule has 0 saturated heterocycles. The summed E-state index contributed by atoms with van der Waals surface area (Å²) in [5, 5.41) is 54.3. The number of rotatable bonds is 49. The highest BCUT2D eigenvalue weighted by Gasteiger charge is 2.27. The third-order valence-corrected chi connectivity index (χ3v) is 12.3. The molecule has 0 fully saturated rings. The molecule has 0 bridgehead atoms. The SMILES string of the molecule is C=CCCCCCCC/C=C/CC/C=C/CCCC/C=C/CCCCC(O)C/C=C/CCC(O)CCCC(=O)NC(CO)C(O)C(O)CCCCCCCCCCCCCCCC. The monoisotopic (exact) mass is 886 g/mol. The molecule has 63 heavy (non-hydrogen) atoms. The first-order valence-corrected chi connectivity index (χ1v) is 26.7. The second kappa shape index (κ2) is 49.4. The van der Waals surface area contributed by atoms with Gasteiger partial charge in [0.25, 0.3) is 0 Å². The van der Waals surface area contributed by atoms with Crippen molar-refractivity contribution >= 4 is 5.91 Å². The minimum absolute atomic E-state index is 0.182. The van der Waals surface area contributed by atoms with E-state index in [2.05, 4.69) is 55.3 Å². The van der Waals surface area contributed by atoms with Crippen LogP contribution in [0.3, 0.4) is 0 Å². The van der Waals surface area contributed by atoms with Crippen molar-refractivity contribution in [3.8, 4) is 0 Å². The number of carbonyl (C=O) groups excluding carboxylic acids is 1. The van der Waals surface area contributed by atoms with Gasteiger partial charge in [0.15, 0.2) is 0 Å². The van der Waals surface area contributed by atoms with Gasteiger partial charge < -0.3 is 30.8 Å². The fourth-order valence-electron chi connectivity index (χ4n) is 8.07. The predicted octanol–water partition coefficient (Wildman–Crippen LogP) is 14.2. The summed E-state index contributed by atoms with van der Waals surface area (Å²) >= 11 is 0. The Morgan fingerprint density at radius 1 is 0.460 bits per heavy atom. The molecule has 0 spiro atoms. The Labute approximate surface area is 389 Å². The van der Waals surface area contributed by atoms with Gasteiger partial charge in [-0.3, -0.25) is 4.79 Å². The van der Waals surface area contributed by atoms with Crippen LogP contribution in [0.25, 0.3) is 0 Å². The highest BCUT2D eigenvalue weighted by Crippen LogP contribution is 2.16. The molecule has 0 aliphatic carbocycles. The van der Waals surface area contributed by atoms with Crippen molar-refractivity contribution in [1.82, 2.24) is 5.32 Å². The first-order valence-electron chi connectivity index (χ1n) is 26.7. The van der Waals surface area contributed by atoms with Crippen LogP contribution in [0, 0.1) is 0 Å². The fraction of sp³-hybridized carbons (Fsp3) is 0.804. The van der Waals surface area contributed by atoms with E-state index in [0.717, 1.165) is 70.6 Å². The van der Waals surface area contributed by atoms with Gasteiger partial charge in [0, 0.05) is 6.42 Å². The van der Waals surface area contributed by atoms with Gasteiger partial charge in [-0.15, -0.1) is 6.58 Å². The minimum Gasteiger partial charge on any atom is -0.394 e. The van der Waals surface area contributed by atoms with E-state index in [1.54, 1.807) is 0 Å². The van der Waals surface area contributed by atoms with E-state index in [1.165, 1.54) is 128 Å². The van der Waals surface area contributed by atoms with E-state index in [-0.39, 0.29) is 18.4 Å². The van der Waals surface area contributed by atoms with Crippen molar-refractivity contribution in [3.63, 3.8) is 0 Å². The molecule has 5 atom stereocenters. The van der Waals surface area contributed by atoms with E-state index < -0.39 is 31.0 Å². The fourth-order valence-corrected chi connectivity index (χ4v) is 8.07. The van der Waals surface area contributed by atoms with Gasteiger partial charge in [-0.2, -0.15) is 0 Å². The predicted molar refractivity (Wildman–Crippen MR) is 271 cm³/mol. The molecule has 0 aromatic heterocycles. The molecule has 7 nitrogen and oxygen atoms in total. The number of carbonyl (C=O) groups is 1. The summed E-state index contributed by atoms with van der Waals surface area (Å²) in [6, 6.07) is -0.912. The maximum Gasteiger partial charge on any atom is 0.220 e. The van der Waals surface area contributed by atoms with E-state index >= 15 is 0 Å². The zero-order chi connectivity index (χ0) is 46.1. The maximum absolute atomic E-state index is 12.5. The Hall–Kier alpha value is -2.03. The number of hydrogen-bond acceptors (Lipinski definition) is 6. The smallest absolute Gasteiger partial charge is 0.220 e. The molecule has 5 unspecified atom stereocenters. The average Bonchev–Trinajstić information content (AvgIpc) is 3.28. The molecule has 0 saturated carbocycles. The zero-order valence-electron chi connectivity index (χ0n) is 41.0. The molecule has 368 valence electrons. The second-order valence-electron chi connectivity index (χ2n) is 18.5. The number of unbranched alkanes of at least 4 members (excludes halogenated alkanes) is 25. The van der Waals surface area contributed by atoms with Crippen LogP contribution in [0.1, 0.15) is 251 Å². The lowest BCUT2D eigenvalue weighted by Crippen LogP contribution is -2.50. The topological polar surface area (TPSA) is 130 Å². The number of amides is 1. The number of nitrogens with one attached hydrogen (secondary N) is 1. The van der Waals surface area contributed by atoms with Crippen molar-refractivity contribution in [2.45, 2.75) is 281 Å². The van der Waals surface area contributed by atoms with Crippen molar-refractivity contribution in [3.05, 3.63) is 61.3 Å². The van der Waals surface area contributed by atoms with E-state index in [1.807, 2.05) is 18.2 Å². The van der Waals surface area contributed by atoms with Crippen molar-refractivity contribution in [2.24, 2.45) is 0 Å². The Bertz CT molecular complexity index is 1090. The van der Waals surface area contributed by atoms with Gasteiger partial charge in [0.1, 0.15) is 6.10 Å². The molecule has 7 heteroatoms. The highest BCUT2D eigenvalue weighted by molar-refractivity contribution is 5.76. The van der Waals surface area contributed by atoms with Crippen LogP contribution in [0.4, 0.5) is 0 Å². The van der Waals surface area contributed by atoms with Crippen LogP contribution in [-0.4, -0.2) is 68.5 Å². The van der Waals surface area contributed by atoms with Gasteiger partial charge in [-0.05, 0) is 122 Å². The van der Waals surface area contributed by atoms with Crippen molar-refractivity contribution in [2.75, 3.05) is 6.61 Å². The first-order chi connectivity index (χ1) is 30.8. The zero-order valence-corrected chi connectivity index (χ0v) is 41.0. The van der Waals surface area contributed by atoms with Crippen molar-refractivity contribution in [1.29, 1.82) is 0 Å². The molecule has 1 amide bonds. The van der Waals surface area contributed by atoms with Gasteiger partial charge in [-0.1, -0.05) is 177 Å². The lowest BCUT2D eigenvalue weighted by atomic mass is 9.99. The molecule has 0 radical (unpaired) electrons. The summed E-state index contributed by atoms with van der Waals surface area (Å²) in [6.45, 7) is 5.60. The molecule has 0 aliphatic heterocycles. The summed E-state index contributed by atoms with van der Waals surface area (Å²) in [5.74, 6) is -0.301. The number of allylic oxidation sites excluding steroid dienone is 8. The quantitative estimate of drug-likeness (QED) is 0.0267. The molecule has 0 heterocycles. The molecular weight excluding hydrogens is 783 g/mol. The Kier molecular flexibility index (Phi) is 47.8. The summed E-state index contributed by atoms with van der Waals surface area (Å²) in [7, 11) is 0. The highest BCUT2D eigenvalue weighted by atomic mass is 16.3. The summed E-state index contributed by atoms with van der Waals surface area (Å²) in [4.78, 5) is 12.5. The van der Waals surface area contributed by atoms with Gasteiger partial charge in [-0.25, -0.2) is 0 Å². The van der Waals surface area contributed by atoms with Crippen LogP contribution in [0.15, 0.2) is 61.3 Å². The molecule has 0 aliphatic rings. The molecule has 6 N–H and O–H groups in total. The third-order valence-electron chi connectivity index (χ3n) is 12.3. The third kappa shape index (κ3) is 44.9. The standard InChI is InChI=1S/C56H103NO6/c1-3-5-7-9-11-13-15-17-19-20-21-22-23-24-25-26-27-28-30-32-34-36-39-44-51(59)45-40-38-41-46-52(60)47-43-49-55(62)57-53(50-58)56(63)54(61)48-42-37-35-33-31-29-18-16-14-12-10-8-6-4-2/h3,19-20,23-24,30,32,38,40,51-54,56,58-61,63H,1,4-18,21-22,25-29,31,33-37,39,41-50H2,2H3,(H,57,62)/b20-19+,24-23+,32-30+,40-38+. The van der Waals surface area contributed by atoms with E-state index in [0.29, 0.717) is 38.5 Å². The summed E-state index contributed by atoms with van der Waals surface area (Å²) < 4.78 is 0. The summed E-state index contributed by atoms with van der Waals surface area (Å²) in [5.41, 5.74) is 0. The second-order valence-corrected chi connectivity index (χ2v) is 18.5. The molecular formula is C56H103NO6. The number of aliphatic hydroxyl groups is 5. The minimum atomic E-state index is -1.22. The van der Waals surface area contributed by atoms with E-state index in [4.69, 9.17) is 0 Å². The number of hydrogen-bond donors (Lipinski definition) is 6. The Morgan fingerprint density at radius 3 is 1.40 bits per heavy atom. The van der Waals surface area contributed by atoms with Gasteiger partial charge in [0.05, 0.1) is 31.0 Å². The maximum atomic E-state index is 12.5. The first kappa shape index (κ1) is 61.0. The average molecular weight is 886 g/mol. The van der Waals surface area contributed by atoms with Crippen LogP contribution in [0.5, 0.6) is 0 Å². The lowest BCUT2D eigenvalue weighted by molar-refractivity contribution is -0.124. The van der Waals surface area contributed by atoms with Crippen LogP contribution >= 0.6 is 0 Å². The van der Waals surface area contributed by atoms with Crippen LogP contribution in [0.2, 0.25) is 0 Å². The number of aliphatic hydroxyl groups excluding tert-OH is 5. The molecule has 0 aromatic carbocycles. The van der Waals surface area contributed by atoms with Crippen LogP contribution < -0.4 is 5.32 Å². The normalized spacial score (nSPS) is 14.6. The molecule has 0 rings (SSSR count). The van der Waals surface area contributed by atoms with Crippen molar-refractivity contribution < 1.29 is 30.3 Å². The van der Waals surface area contributed by atoms with Gasteiger partial charge in [0.2, 0.25) is 5.91 Å². The van der Waals surface area contributed by atoms with Gasteiger partial charge >= 0.3 is 0 Å². The Balaban J connectivity index is 3.76. The van der Waals surface area contributed by atoms with Crippen LogP contribution in [-0.2, 0) is 4.79 Å². The Morgan fingerprint density at radius 2 is 0.873 bits per heavy atom. The summed E-state index contributed by atoms with van der Waals surface area (Å²) in [6.07, 6.45) is 58.2.